The second-order valence-corrected chi connectivity index (χ2v) is 7.33. The fraction of sp³-hybridized carbons (Fsp3) is 0.684. The van der Waals surface area contributed by atoms with Crippen LogP contribution in [0.3, 0.4) is 0 Å². The molecule has 1 heterocycles. The molecule has 0 radical (unpaired) electrons. The van der Waals surface area contributed by atoms with Crippen LogP contribution in [0, 0.1) is 0 Å². The van der Waals surface area contributed by atoms with E-state index in [1.54, 1.807) is 0 Å². The van der Waals surface area contributed by atoms with Crippen molar-refractivity contribution >= 4 is 0 Å². The van der Waals surface area contributed by atoms with E-state index in [0.717, 1.165) is 19.6 Å². The highest BCUT2D eigenvalue weighted by molar-refractivity contribution is 5.28. The highest BCUT2D eigenvalue weighted by Gasteiger charge is 2.15. The Balaban J connectivity index is 1.78. The average molecular weight is 289 g/mol. The fourth-order valence-corrected chi connectivity index (χ4v) is 2.89. The van der Waals surface area contributed by atoms with Gasteiger partial charge in [-0.3, -0.25) is 0 Å². The quantitative estimate of drug-likeness (QED) is 0.855. The second-order valence-electron chi connectivity index (χ2n) is 7.33. The molecule has 2 unspecified atom stereocenters. The Kier molecular flexibility index (Phi) is 5.83. The van der Waals surface area contributed by atoms with Gasteiger partial charge in [0.05, 0.1) is 6.10 Å². The Labute approximate surface area is 130 Å². The van der Waals surface area contributed by atoms with Gasteiger partial charge in [0, 0.05) is 12.6 Å². The summed E-state index contributed by atoms with van der Waals surface area (Å²) in [7, 11) is 0. The summed E-state index contributed by atoms with van der Waals surface area (Å²) < 4.78 is 5.78. The van der Waals surface area contributed by atoms with E-state index in [9.17, 15) is 0 Å². The monoisotopic (exact) mass is 289 g/mol. The first-order valence-electron chi connectivity index (χ1n) is 8.42. The predicted molar refractivity (Wildman–Crippen MR) is 89.8 cm³/mol. The molecule has 2 rings (SSSR count). The van der Waals surface area contributed by atoms with E-state index in [0.29, 0.717) is 12.1 Å². The first kappa shape index (κ1) is 16.5. The zero-order chi connectivity index (χ0) is 15.3. The molecule has 1 aliphatic heterocycles. The van der Waals surface area contributed by atoms with Crippen LogP contribution in [-0.2, 0) is 10.2 Å². The van der Waals surface area contributed by atoms with E-state index in [1.807, 2.05) is 0 Å². The molecule has 0 aliphatic carbocycles. The molecule has 1 N–H and O–H groups in total. The van der Waals surface area contributed by atoms with E-state index in [1.165, 1.54) is 30.4 Å². The number of rotatable bonds is 5. The Morgan fingerprint density at radius 1 is 1.19 bits per heavy atom. The molecule has 0 bridgehead atoms. The van der Waals surface area contributed by atoms with Crippen molar-refractivity contribution in [3.8, 4) is 0 Å². The van der Waals surface area contributed by atoms with Crippen molar-refractivity contribution < 1.29 is 4.74 Å². The lowest BCUT2D eigenvalue weighted by Gasteiger charge is -2.24. The van der Waals surface area contributed by atoms with Crippen LogP contribution < -0.4 is 5.32 Å². The molecule has 1 aliphatic rings. The van der Waals surface area contributed by atoms with E-state index in [4.69, 9.17) is 4.74 Å². The summed E-state index contributed by atoms with van der Waals surface area (Å²) in [4.78, 5) is 0. The van der Waals surface area contributed by atoms with Gasteiger partial charge in [0.25, 0.3) is 0 Å². The lowest BCUT2D eigenvalue weighted by Crippen LogP contribution is -2.27. The smallest absolute Gasteiger partial charge is 0.0587 e. The summed E-state index contributed by atoms with van der Waals surface area (Å²) >= 11 is 0. The van der Waals surface area contributed by atoms with E-state index in [-0.39, 0.29) is 5.41 Å². The van der Waals surface area contributed by atoms with Crippen molar-refractivity contribution in [1.29, 1.82) is 0 Å². The van der Waals surface area contributed by atoms with Gasteiger partial charge >= 0.3 is 0 Å². The van der Waals surface area contributed by atoms with Gasteiger partial charge in [-0.05, 0) is 55.7 Å². The largest absolute Gasteiger partial charge is 0.378 e. The molecule has 2 atom stereocenters. The summed E-state index contributed by atoms with van der Waals surface area (Å²) in [6, 6.07) is 9.45. The lowest BCUT2D eigenvalue weighted by atomic mass is 9.86. The third-order valence-corrected chi connectivity index (χ3v) is 4.47. The molecule has 2 nitrogen and oxygen atoms in total. The minimum atomic E-state index is 0.230. The van der Waals surface area contributed by atoms with Crippen molar-refractivity contribution in [2.45, 2.75) is 70.9 Å². The summed E-state index contributed by atoms with van der Waals surface area (Å²) in [5.74, 6) is 0. The molecule has 0 aromatic heterocycles. The zero-order valence-electron chi connectivity index (χ0n) is 14.1. The third kappa shape index (κ3) is 5.12. The van der Waals surface area contributed by atoms with Gasteiger partial charge < -0.3 is 10.1 Å². The zero-order valence-corrected chi connectivity index (χ0v) is 14.1. The molecule has 0 amide bonds. The maximum Gasteiger partial charge on any atom is 0.0587 e. The van der Waals surface area contributed by atoms with Gasteiger partial charge in [-0.2, -0.15) is 0 Å². The topological polar surface area (TPSA) is 21.3 Å². The normalized spacial score (nSPS) is 21.2. The SMILES string of the molecule is CC(NCCC1CCCCO1)c1ccc(C(C)(C)C)cc1. The van der Waals surface area contributed by atoms with Crippen molar-refractivity contribution in [2.24, 2.45) is 0 Å². The number of nitrogens with one attached hydrogen (secondary N) is 1. The van der Waals surface area contributed by atoms with Crippen LogP contribution >= 0.6 is 0 Å². The molecule has 1 aromatic rings. The second kappa shape index (κ2) is 7.42. The minimum absolute atomic E-state index is 0.230. The first-order valence-corrected chi connectivity index (χ1v) is 8.42. The third-order valence-electron chi connectivity index (χ3n) is 4.47. The van der Waals surface area contributed by atoms with Gasteiger partial charge in [0.1, 0.15) is 0 Å². The van der Waals surface area contributed by atoms with Crippen LogP contribution in [0.25, 0.3) is 0 Å². The van der Waals surface area contributed by atoms with Crippen LogP contribution in [0.2, 0.25) is 0 Å². The van der Waals surface area contributed by atoms with Gasteiger partial charge in [0.2, 0.25) is 0 Å². The number of hydrogen-bond acceptors (Lipinski definition) is 2. The van der Waals surface area contributed by atoms with Crippen LogP contribution in [0.15, 0.2) is 24.3 Å². The van der Waals surface area contributed by atoms with Crippen LogP contribution in [-0.4, -0.2) is 19.3 Å². The Bertz CT molecular complexity index is 412. The van der Waals surface area contributed by atoms with Gasteiger partial charge in [-0.25, -0.2) is 0 Å². The van der Waals surface area contributed by atoms with Crippen molar-refractivity contribution in [2.75, 3.05) is 13.2 Å². The number of hydrogen-bond donors (Lipinski definition) is 1. The van der Waals surface area contributed by atoms with E-state index in [2.05, 4.69) is 57.3 Å². The van der Waals surface area contributed by atoms with Gasteiger partial charge in [-0.1, -0.05) is 45.0 Å². The molecular formula is C19H31NO. The molecular weight excluding hydrogens is 258 g/mol. The highest BCUT2D eigenvalue weighted by atomic mass is 16.5. The van der Waals surface area contributed by atoms with Gasteiger partial charge in [-0.15, -0.1) is 0 Å². The summed E-state index contributed by atoms with van der Waals surface area (Å²) in [5, 5.41) is 3.62. The van der Waals surface area contributed by atoms with Crippen molar-refractivity contribution in [3.63, 3.8) is 0 Å². The number of ether oxygens (including phenoxy) is 1. The summed E-state index contributed by atoms with van der Waals surface area (Å²) in [6.07, 6.45) is 5.40. The molecule has 21 heavy (non-hydrogen) atoms. The molecule has 1 aromatic carbocycles. The molecule has 0 spiro atoms. The Morgan fingerprint density at radius 3 is 2.48 bits per heavy atom. The maximum atomic E-state index is 5.78. The predicted octanol–water partition coefficient (Wildman–Crippen LogP) is 4.59. The molecule has 2 heteroatoms. The number of benzene rings is 1. The standard InChI is InChI=1S/C19H31NO/c1-15(20-13-12-18-7-5-6-14-21-18)16-8-10-17(11-9-16)19(2,3)4/h8-11,15,18,20H,5-7,12-14H2,1-4H3. The van der Waals surface area contributed by atoms with Crippen LogP contribution in [0.5, 0.6) is 0 Å². The van der Waals surface area contributed by atoms with E-state index < -0.39 is 0 Å². The van der Waals surface area contributed by atoms with E-state index >= 15 is 0 Å². The Hall–Kier alpha value is -0.860. The maximum absolute atomic E-state index is 5.78. The lowest BCUT2D eigenvalue weighted by molar-refractivity contribution is 0.0112. The first-order chi connectivity index (χ1) is 9.97. The van der Waals surface area contributed by atoms with Crippen molar-refractivity contribution in [1.82, 2.24) is 5.32 Å². The van der Waals surface area contributed by atoms with Crippen LogP contribution in [0.1, 0.15) is 70.5 Å². The minimum Gasteiger partial charge on any atom is -0.378 e. The van der Waals surface area contributed by atoms with Gasteiger partial charge in [0.15, 0.2) is 0 Å². The summed E-state index contributed by atoms with van der Waals surface area (Å²) in [5.41, 5.74) is 3.00. The highest BCUT2D eigenvalue weighted by Crippen LogP contribution is 2.24. The molecule has 0 saturated carbocycles. The van der Waals surface area contributed by atoms with Crippen LogP contribution in [0.4, 0.5) is 0 Å². The average Bonchev–Trinajstić information content (AvgIpc) is 2.47. The summed E-state index contributed by atoms with van der Waals surface area (Å²) in [6.45, 7) is 11.0. The Morgan fingerprint density at radius 2 is 1.90 bits per heavy atom. The van der Waals surface area contributed by atoms with Crippen molar-refractivity contribution in [3.05, 3.63) is 35.4 Å². The molecule has 1 fully saturated rings. The molecule has 1 saturated heterocycles. The fourth-order valence-electron chi connectivity index (χ4n) is 2.89. The molecule has 118 valence electrons.